The van der Waals surface area contributed by atoms with Crippen LogP contribution in [0.5, 0.6) is 0 Å². The van der Waals surface area contributed by atoms with Crippen molar-refractivity contribution in [1.29, 1.82) is 0 Å². The normalized spacial score (nSPS) is 11.7. The molecule has 0 aliphatic heterocycles. The molecular weight excluding hydrogens is 615 g/mol. The fourth-order valence-corrected chi connectivity index (χ4v) is 8.66. The number of nitrogens with zero attached hydrogens (tertiary/aromatic N) is 1. The highest BCUT2D eigenvalue weighted by Gasteiger charge is 2.26. The Labute approximate surface area is 287 Å². The van der Waals surface area contributed by atoms with E-state index in [2.05, 4.69) is 175 Å². The summed E-state index contributed by atoms with van der Waals surface area (Å²) in [6.45, 7) is 0. The first-order chi connectivity index (χ1) is 24.3. The van der Waals surface area contributed by atoms with E-state index in [9.17, 15) is 0 Å². The fourth-order valence-electron chi connectivity index (χ4n) is 7.45. The van der Waals surface area contributed by atoms with Crippen LogP contribution < -0.4 is 4.90 Å². The van der Waals surface area contributed by atoms with Crippen molar-refractivity contribution in [3.05, 3.63) is 176 Å². The van der Waals surface area contributed by atoms with Crippen LogP contribution in [0.15, 0.2) is 180 Å². The molecule has 10 rings (SSSR count). The predicted molar refractivity (Wildman–Crippen MR) is 210 cm³/mol. The average Bonchev–Trinajstić information content (AvgIpc) is 3.74. The van der Waals surface area contributed by atoms with Gasteiger partial charge in [0.15, 0.2) is 0 Å². The second-order valence-electron chi connectivity index (χ2n) is 12.5. The third-order valence-corrected chi connectivity index (χ3v) is 10.8. The molecule has 2 aromatic heterocycles. The van der Waals surface area contributed by atoms with Gasteiger partial charge in [0, 0.05) is 48.9 Å². The molecule has 8 aromatic carbocycles. The van der Waals surface area contributed by atoms with Crippen molar-refractivity contribution in [3.8, 4) is 22.3 Å². The van der Waals surface area contributed by atoms with Gasteiger partial charge < -0.3 is 9.32 Å². The highest BCUT2D eigenvalue weighted by molar-refractivity contribution is 7.26. The Balaban J connectivity index is 1.38. The van der Waals surface area contributed by atoms with E-state index in [1.807, 2.05) is 17.4 Å². The molecule has 0 saturated carbocycles. The first kappa shape index (κ1) is 27.9. The molecule has 3 heteroatoms. The summed E-state index contributed by atoms with van der Waals surface area (Å²) in [5.74, 6) is 0. The summed E-state index contributed by atoms with van der Waals surface area (Å²) in [7, 11) is 0. The minimum atomic E-state index is 0.872. The molecule has 0 aliphatic carbocycles. The Morgan fingerprint density at radius 3 is 1.94 bits per heavy atom. The summed E-state index contributed by atoms with van der Waals surface area (Å²) in [5.41, 5.74) is 9.83. The molecule has 0 saturated heterocycles. The molecule has 0 spiro atoms. The van der Waals surface area contributed by atoms with E-state index in [1.54, 1.807) is 0 Å². The maximum atomic E-state index is 6.52. The largest absolute Gasteiger partial charge is 0.456 e. The van der Waals surface area contributed by atoms with Crippen LogP contribution in [0.25, 0.3) is 75.1 Å². The second kappa shape index (κ2) is 11.2. The average molecular weight is 644 g/mol. The standard InChI is InChI=1S/C46H29NOS/c1-3-14-30(15-4-1)39-28-32-18-7-8-19-34(32)45(44(39)31-16-5-2-6-17-31)47(33-26-27-36-35-20-9-11-24-41(35)48-42(36)29-33)40-23-13-22-38-37-21-10-12-25-43(37)49-46(38)40/h1-29H. The van der Waals surface area contributed by atoms with Crippen LogP contribution >= 0.6 is 11.3 Å². The monoisotopic (exact) mass is 643 g/mol. The summed E-state index contributed by atoms with van der Waals surface area (Å²) in [6, 6.07) is 63.3. The third-order valence-electron chi connectivity index (χ3n) is 9.64. The molecule has 0 amide bonds. The molecule has 2 nitrogen and oxygen atoms in total. The number of rotatable bonds is 5. The van der Waals surface area contributed by atoms with Crippen molar-refractivity contribution in [2.24, 2.45) is 0 Å². The van der Waals surface area contributed by atoms with Gasteiger partial charge in [-0.3, -0.25) is 0 Å². The summed E-state index contributed by atoms with van der Waals surface area (Å²) >= 11 is 1.86. The van der Waals surface area contributed by atoms with Gasteiger partial charge in [-0.25, -0.2) is 0 Å². The van der Waals surface area contributed by atoms with Crippen LogP contribution in [0.4, 0.5) is 17.1 Å². The number of para-hydroxylation sites is 1. The van der Waals surface area contributed by atoms with Crippen molar-refractivity contribution in [3.63, 3.8) is 0 Å². The number of benzene rings is 8. The summed E-state index contributed by atoms with van der Waals surface area (Å²) < 4.78 is 9.05. The minimum Gasteiger partial charge on any atom is -0.456 e. The van der Waals surface area contributed by atoms with Crippen molar-refractivity contribution in [2.45, 2.75) is 0 Å². The Morgan fingerprint density at radius 2 is 1.10 bits per heavy atom. The molecule has 10 aromatic rings. The molecule has 0 aliphatic rings. The van der Waals surface area contributed by atoms with Crippen molar-refractivity contribution < 1.29 is 4.42 Å². The lowest BCUT2D eigenvalue weighted by molar-refractivity contribution is 0.669. The summed E-state index contributed by atoms with van der Waals surface area (Å²) in [5, 5.41) is 7.16. The van der Waals surface area contributed by atoms with Crippen molar-refractivity contribution in [1.82, 2.24) is 0 Å². The summed E-state index contributed by atoms with van der Waals surface area (Å²) in [6.07, 6.45) is 0. The van der Waals surface area contributed by atoms with E-state index >= 15 is 0 Å². The van der Waals surface area contributed by atoms with Gasteiger partial charge in [-0.1, -0.05) is 133 Å². The Kier molecular flexibility index (Phi) is 6.39. The van der Waals surface area contributed by atoms with Crippen molar-refractivity contribution >= 4 is 81.3 Å². The lowest BCUT2D eigenvalue weighted by atomic mass is 9.88. The maximum Gasteiger partial charge on any atom is 0.137 e. The fraction of sp³-hybridized carbons (Fsp3) is 0. The van der Waals surface area contributed by atoms with E-state index in [0.29, 0.717) is 0 Å². The van der Waals surface area contributed by atoms with Gasteiger partial charge in [0.25, 0.3) is 0 Å². The SMILES string of the molecule is c1ccc(-c2cc3ccccc3c(N(c3ccc4c(c3)oc3ccccc34)c3cccc4c3sc3ccccc34)c2-c2ccccc2)cc1. The molecule has 0 unspecified atom stereocenters. The predicted octanol–water partition coefficient (Wildman–Crippen LogP) is 13.9. The topological polar surface area (TPSA) is 16.4 Å². The minimum absolute atomic E-state index is 0.872. The first-order valence-electron chi connectivity index (χ1n) is 16.6. The van der Waals surface area contributed by atoms with E-state index < -0.39 is 0 Å². The molecule has 0 N–H and O–H groups in total. The van der Waals surface area contributed by atoms with Gasteiger partial charge in [0.05, 0.1) is 16.1 Å². The zero-order valence-corrected chi connectivity index (χ0v) is 27.3. The Bertz CT molecular complexity index is 2830. The quantitative estimate of drug-likeness (QED) is 0.186. The Hall–Kier alpha value is -6.16. The lowest BCUT2D eigenvalue weighted by Gasteiger charge is -2.31. The number of anilines is 3. The third kappa shape index (κ3) is 4.47. The van der Waals surface area contributed by atoms with E-state index in [1.165, 1.54) is 53.2 Å². The van der Waals surface area contributed by atoms with Crippen LogP contribution in [0.1, 0.15) is 0 Å². The van der Waals surface area contributed by atoms with Gasteiger partial charge >= 0.3 is 0 Å². The molecule has 230 valence electrons. The summed E-state index contributed by atoms with van der Waals surface area (Å²) in [4.78, 5) is 2.49. The van der Waals surface area contributed by atoms with Gasteiger partial charge in [-0.15, -0.1) is 11.3 Å². The van der Waals surface area contributed by atoms with Gasteiger partial charge in [0.2, 0.25) is 0 Å². The van der Waals surface area contributed by atoms with E-state index in [0.717, 1.165) is 39.0 Å². The van der Waals surface area contributed by atoms with Crippen LogP contribution in [-0.2, 0) is 0 Å². The number of furan rings is 1. The Morgan fingerprint density at radius 1 is 0.449 bits per heavy atom. The second-order valence-corrected chi connectivity index (χ2v) is 13.5. The van der Waals surface area contributed by atoms with Crippen molar-refractivity contribution in [2.75, 3.05) is 4.90 Å². The molecule has 2 heterocycles. The van der Waals surface area contributed by atoms with Crippen LogP contribution in [0, 0.1) is 0 Å². The van der Waals surface area contributed by atoms with Crippen LogP contribution in [-0.4, -0.2) is 0 Å². The smallest absolute Gasteiger partial charge is 0.137 e. The number of thiophene rings is 1. The zero-order chi connectivity index (χ0) is 32.3. The molecule has 0 fully saturated rings. The highest BCUT2D eigenvalue weighted by Crippen LogP contribution is 2.52. The van der Waals surface area contributed by atoms with Gasteiger partial charge in [-0.05, 0) is 58.5 Å². The first-order valence-corrected chi connectivity index (χ1v) is 17.4. The molecule has 49 heavy (non-hydrogen) atoms. The maximum absolute atomic E-state index is 6.52. The number of hydrogen-bond acceptors (Lipinski definition) is 3. The highest BCUT2D eigenvalue weighted by atomic mass is 32.1. The number of hydrogen-bond donors (Lipinski definition) is 0. The molecular formula is C46H29NOS. The van der Waals surface area contributed by atoms with E-state index in [4.69, 9.17) is 4.42 Å². The van der Waals surface area contributed by atoms with Crippen LogP contribution in [0.2, 0.25) is 0 Å². The van der Waals surface area contributed by atoms with Gasteiger partial charge in [-0.2, -0.15) is 0 Å². The zero-order valence-electron chi connectivity index (χ0n) is 26.5. The van der Waals surface area contributed by atoms with E-state index in [-0.39, 0.29) is 0 Å². The molecule has 0 radical (unpaired) electrons. The van der Waals surface area contributed by atoms with Gasteiger partial charge in [0.1, 0.15) is 11.2 Å². The lowest BCUT2D eigenvalue weighted by Crippen LogP contribution is -2.12. The molecule has 0 atom stereocenters. The molecule has 0 bridgehead atoms. The van der Waals surface area contributed by atoms with Crippen LogP contribution in [0.3, 0.4) is 0 Å². The number of fused-ring (bicyclic) bond motifs is 7.